The third kappa shape index (κ3) is 3.35. The van der Waals surface area contributed by atoms with Gasteiger partial charge in [-0.15, -0.1) is 0 Å². The lowest BCUT2D eigenvalue weighted by Gasteiger charge is -2.08. The first kappa shape index (κ1) is 15.4. The summed E-state index contributed by atoms with van der Waals surface area (Å²) in [6.07, 6.45) is 0. The first-order valence-electron chi connectivity index (χ1n) is 5.70. The van der Waals surface area contributed by atoms with Crippen LogP contribution in [0.3, 0.4) is 0 Å². The van der Waals surface area contributed by atoms with E-state index < -0.39 is 17.1 Å². The van der Waals surface area contributed by atoms with Crippen molar-refractivity contribution in [2.24, 2.45) is 0 Å². The minimum absolute atomic E-state index is 0.0385. The number of aromatic nitrogens is 2. The van der Waals surface area contributed by atoms with Crippen LogP contribution < -0.4 is 10.5 Å². The fourth-order valence-corrected chi connectivity index (χ4v) is 1.90. The highest BCUT2D eigenvalue weighted by Crippen LogP contribution is 2.34. The average Bonchev–Trinajstić information content (AvgIpc) is 2.86. The molecule has 0 saturated heterocycles. The molecule has 0 aliphatic carbocycles. The van der Waals surface area contributed by atoms with E-state index in [9.17, 15) is 8.60 Å². The Labute approximate surface area is 122 Å². The van der Waals surface area contributed by atoms with Gasteiger partial charge in [0.1, 0.15) is 5.82 Å². The van der Waals surface area contributed by atoms with E-state index >= 15 is 0 Å². The Morgan fingerprint density at radius 2 is 2.29 bits per heavy atom. The lowest BCUT2D eigenvalue weighted by Crippen LogP contribution is -2.19. The minimum atomic E-state index is -2.16. The van der Waals surface area contributed by atoms with Crippen molar-refractivity contribution in [2.75, 3.05) is 19.9 Å². The molecule has 0 aliphatic rings. The molecule has 1 aromatic heterocycles. The molecule has 0 saturated carbocycles. The van der Waals surface area contributed by atoms with Crippen LogP contribution in [0.25, 0.3) is 11.4 Å². The zero-order chi connectivity index (χ0) is 15.6. The number of nitrogens with two attached hydrogens (primary N) is 1. The molecule has 0 radical (unpaired) electrons. The van der Waals surface area contributed by atoms with Crippen molar-refractivity contribution in [3.8, 4) is 17.1 Å². The monoisotopic (exact) mass is 316 g/mol. The van der Waals surface area contributed by atoms with E-state index in [0.29, 0.717) is 0 Å². The largest absolute Gasteiger partial charge is 0.494 e. The van der Waals surface area contributed by atoms with E-state index in [-0.39, 0.29) is 35.3 Å². The molecule has 1 heterocycles. The van der Waals surface area contributed by atoms with E-state index in [4.69, 9.17) is 19.5 Å². The molecule has 0 bridgehead atoms. The molecule has 1 unspecified atom stereocenters. The molecule has 1 aromatic carbocycles. The number of hydrogen-bond acceptors (Lipinski definition) is 6. The smallest absolute Gasteiger partial charge is 0.242 e. The molecule has 1 atom stereocenters. The molecule has 10 heteroatoms. The maximum Gasteiger partial charge on any atom is 0.242 e. The van der Waals surface area contributed by atoms with Gasteiger partial charge in [0.15, 0.2) is 5.75 Å². The highest BCUT2D eigenvalue weighted by Gasteiger charge is 2.18. The van der Waals surface area contributed by atoms with E-state index in [1.807, 2.05) is 0 Å². The van der Waals surface area contributed by atoms with Gasteiger partial charge in [-0.1, -0.05) is 5.16 Å². The Balaban J connectivity index is 2.36. The fourth-order valence-electron chi connectivity index (χ4n) is 1.68. The van der Waals surface area contributed by atoms with E-state index in [1.165, 1.54) is 14.2 Å². The molecule has 8 nitrogen and oxygen atoms in total. The second-order valence-corrected chi connectivity index (χ2v) is 5.19. The van der Waals surface area contributed by atoms with Gasteiger partial charge in [0, 0.05) is 13.1 Å². The van der Waals surface area contributed by atoms with Crippen LogP contribution >= 0.6 is 0 Å². The molecule has 2 aromatic rings. The van der Waals surface area contributed by atoms with Crippen molar-refractivity contribution < 1.29 is 22.4 Å². The van der Waals surface area contributed by atoms with Gasteiger partial charge in [-0.2, -0.15) is 9.29 Å². The second-order valence-electron chi connectivity index (χ2n) is 4.10. The van der Waals surface area contributed by atoms with Crippen LogP contribution in [-0.2, 0) is 17.8 Å². The number of methoxy groups -OCH3 is 1. The molecule has 0 fully saturated rings. The molecule has 0 aliphatic heterocycles. The van der Waals surface area contributed by atoms with Crippen LogP contribution in [0.15, 0.2) is 16.7 Å². The van der Waals surface area contributed by atoms with Crippen LogP contribution in [0.2, 0.25) is 0 Å². The summed E-state index contributed by atoms with van der Waals surface area (Å²) in [6, 6.07) is 2.28. The fraction of sp³-hybridized carbons (Fsp3) is 0.273. The molecule has 2 rings (SSSR count). The van der Waals surface area contributed by atoms with Gasteiger partial charge >= 0.3 is 0 Å². The Morgan fingerprint density at radius 1 is 1.57 bits per heavy atom. The predicted octanol–water partition coefficient (Wildman–Crippen LogP) is 1.04. The standard InChI is InChI=1S/C11H13FN4O4S/c1-16(21(17)18)5-9-14-11(15-20-9)7-3-6(12)4-8(13)10(7)19-2/h3-4H,5,13H2,1-2H3,(H,17,18). The zero-order valence-electron chi connectivity index (χ0n) is 11.2. The second kappa shape index (κ2) is 6.16. The normalized spacial score (nSPS) is 12.6. The van der Waals surface area contributed by atoms with Gasteiger partial charge in [0.25, 0.3) is 0 Å². The van der Waals surface area contributed by atoms with Crippen LogP contribution in [0.5, 0.6) is 5.75 Å². The van der Waals surface area contributed by atoms with Gasteiger partial charge in [0.2, 0.25) is 23.0 Å². The summed E-state index contributed by atoms with van der Waals surface area (Å²) in [4.78, 5) is 4.03. The molecule has 21 heavy (non-hydrogen) atoms. The van der Waals surface area contributed by atoms with Crippen LogP contribution in [0.1, 0.15) is 5.89 Å². The Bertz CT molecular complexity index is 678. The molecule has 0 amide bonds. The Morgan fingerprint density at radius 3 is 2.90 bits per heavy atom. The topological polar surface area (TPSA) is 115 Å². The number of rotatable bonds is 5. The molecule has 3 N–H and O–H groups in total. The van der Waals surface area contributed by atoms with Crippen molar-refractivity contribution in [3.63, 3.8) is 0 Å². The van der Waals surface area contributed by atoms with Crippen LogP contribution in [0.4, 0.5) is 10.1 Å². The molecule has 0 spiro atoms. The van der Waals surface area contributed by atoms with E-state index in [2.05, 4.69) is 10.1 Å². The minimum Gasteiger partial charge on any atom is -0.494 e. The summed E-state index contributed by atoms with van der Waals surface area (Å²) in [5.74, 6) is -0.170. The molecular formula is C11H13FN4O4S. The molecule has 114 valence electrons. The lowest BCUT2D eigenvalue weighted by molar-refractivity contribution is 0.333. The zero-order valence-corrected chi connectivity index (χ0v) is 12.1. The predicted molar refractivity (Wildman–Crippen MR) is 72.9 cm³/mol. The summed E-state index contributed by atoms with van der Waals surface area (Å²) in [6.45, 7) is -0.0385. The Hall–Kier alpha value is -2.04. The third-order valence-electron chi connectivity index (χ3n) is 2.62. The number of anilines is 1. The number of benzene rings is 1. The number of hydrogen-bond donors (Lipinski definition) is 2. The van der Waals surface area contributed by atoms with Crippen molar-refractivity contribution in [3.05, 3.63) is 23.8 Å². The Kier molecular flexibility index (Phi) is 4.50. The summed E-state index contributed by atoms with van der Waals surface area (Å²) in [7, 11) is 2.79. The van der Waals surface area contributed by atoms with Gasteiger partial charge in [-0.3, -0.25) is 4.55 Å². The third-order valence-corrected chi connectivity index (χ3v) is 3.28. The summed E-state index contributed by atoms with van der Waals surface area (Å²) >= 11 is -2.16. The maximum absolute atomic E-state index is 13.4. The SMILES string of the molecule is COc1c(N)cc(F)cc1-c1noc(CN(C)S(=O)O)n1. The number of nitrogen functional groups attached to an aromatic ring is 1. The number of ether oxygens (including phenoxy) is 1. The quantitative estimate of drug-likeness (QED) is 0.625. The summed E-state index contributed by atoms with van der Waals surface area (Å²) in [5.41, 5.74) is 6.00. The van der Waals surface area contributed by atoms with Crippen molar-refractivity contribution in [1.29, 1.82) is 0 Å². The maximum atomic E-state index is 13.4. The van der Waals surface area contributed by atoms with E-state index in [0.717, 1.165) is 16.4 Å². The number of halogens is 1. The van der Waals surface area contributed by atoms with Gasteiger partial charge in [-0.25, -0.2) is 8.60 Å². The first-order chi connectivity index (χ1) is 9.92. The summed E-state index contributed by atoms with van der Waals surface area (Å²) < 4.78 is 44.3. The first-order valence-corrected chi connectivity index (χ1v) is 6.76. The van der Waals surface area contributed by atoms with Crippen molar-refractivity contribution >= 4 is 17.0 Å². The summed E-state index contributed by atoms with van der Waals surface area (Å²) in [5, 5.41) is 3.69. The van der Waals surface area contributed by atoms with Crippen LogP contribution in [-0.4, -0.2) is 37.4 Å². The van der Waals surface area contributed by atoms with Crippen LogP contribution in [0, 0.1) is 5.82 Å². The van der Waals surface area contributed by atoms with Crippen molar-refractivity contribution in [2.45, 2.75) is 6.54 Å². The van der Waals surface area contributed by atoms with Gasteiger partial charge < -0.3 is 15.0 Å². The van der Waals surface area contributed by atoms with E-state index in [1.54, 1.807) is 0 Å². The van der Waals surface area contributed by atoms with Gasteiger partial charge in [0.05, 0.1) is 24.9 Å². The highest BCUT2D eigenvalue weighted by molar-refractivity contribution is 7.76. The highest BCUT2D eigenvalue weighted by atomic mass is 32.2. The molecular weight excluding hydrogens is 303 g/mol. The average molecular weight is 316 g/mol. The lowest BCUT2D eigenvalue weighted by atomic mass is 10.1. The number of nitrogens with zero attached hydrogens (tertiary/aromatic N) is 3. The van der Waals surface area contributed by atoms with Crippen molar-refractivity contribution in [1.82, 2.24) is 14.4 Å². The van der Waals surface area contributed by atoms with Gasteiger partial charge in [-0.05, 0) is 6.07 Å².